The number of imidazole rings is 1. The number of aryl methyl sites for hydroxylation is 1. The molecule has 4 aromatic rings. The molecule has 3 heterocycles. The maximum absolute atomic E-state index is 13.0. The minimum Gasteiger partial charge on any atom is -0.468 e. The van der Waals surface area contributed by atoms with E-state index in [-0.39, 0.29) is 17.1 Å². The number of alkyl halides is 3. The average molecular weight is 426 g/mol. The molecule has 31 heavy (non-hydrogen) atoms. The van der Waals surface area contributed by atoms with Crippen molar-refractivity contribution >= 4 is 17.2 Å². The van der Waals surface area contributed by atoms with Crippen LogP contribution in [0.4, 0.5) is 18.9 Å². The largest absolute Gasteiger partial charge is 0.468 e. The third kappa shape index (κ3) is 4.50. The fourth-order valence-corrected chi connectivity index (χ4v) is 3.11. The normalized spacial score (nSPS) is 11.5. The summed E-state index contributed by atoms with van der Waals surface area (Å²) in [6.45, 7) is 0.969. The van der Waals surface area contributed by atoms with Crippen molar-refractivity contribution in [3.63, 3.8) is 0 Å². The van der Waals surface area contributed by atoms with E-state index in [1.165, 1.54) is 19.1 Å². The van der Waals surface area contributed by atoms with E-state index in [4.69, 9.17) is 4.74 Å². The topological polar surface area (TPSA) is 68.5 Å². The van der Waals surface area contributed by atoms with Gasteiger partial charge in [-0.25, -0.2) is 9.97 Å². The number of ether oxygens (including phenoxy) is 1. The zero-order valence-corrected chi connectivity index (χ0v) is 16.3. The molecule has 1 aromatic carbocycles. The van der Waals surface area contributed by atoms with Gasteiger partial charge in [0.15, 0.2) is 6.61 Å². The van der Waals surface area contributed by atoms with E-state index < -0.39 is 24.3 Å². The highest BCUT2D eigenvalue weighted by Gasteiger charge is 2.32. The summed E-state index contributed by atoms with van der Waals surface area (Å²) in [5.41, 5.74) is 1.80. The van der Waals surface area contributed by atoms with Gasteiger partial charge in [0.1, 0.15) is 5.65 Å². The molecule has 0 saturated carbocycles. The number of rotatable bonds is 5. The Hall–Kier alpha value is -3.88. The van der Waals surface area contributed by atoms with E-state index in [2.05, 4.69) is 15.3 Å². The van der Waals surface area contributed by atoms with Gasteiger partial charge in [0.25, 0.3) is 5.91 Å². The van der Waals surface area contributed by atoms with Gasteiger partial charge in [0, 0.05) is 29.7 Å². The van der Waals surface area contributed by atoms with E-state index in [0.717, 1.165) is 23.0 Å². The Morgan fingerprint density at radius 2 is 1.94 bits per heavy atom. The van der Waals surface area contributed by atoms with Gasteiger partial charge in [0.05, 0.1) is 17.5 Å². The number of hydrogen-bond acceptors (Lipinski definition) is 4. The Labute approximate surface area is 175 Å². The molecule has 1 amide bonds. The molecule has 1 N–H and O–H groups in total. The fraction of sp³-hybridized carbons (Fsp3) is 0.136. The van der Waals surface area contributed by atoms with Crippen LogP contribution in [0.2, 0.25) is 0 Å². The Kier molecular flexibility index (Phi) is 5.33. The van der Waals surface area contributed by atoms with Gasteiger partial charge in [0.2, 0.25) is 5.88 Å². The first-order valence-electron chi connectivity index (χ1n) is 9.30. The van der Waals surface area contributed by atoms with Crippen LogP contribution in [0.15, 0.2) is 67.1 Å². The van der Waals surface area contributed by atoms with Crippen molar-refractivity contribution in [1.82, 2.24) is 14.4 Å². The van der Waals surface area contributed by atoms with E-state index in [0.29, 0.717) is 0 Å². The van der Waals surface area contributed by atoms with Crippen molar-refractivity contribution in [3.8, 4) is 17.1 Å². The first-order chi connectivity index (χ1) is 14.8. The fourth-order valence-electron chi connectivity index (χ4n) is 3.11. The molecule has 9 heteroatoms. The molecule has 0 fully saturated rings. The number of pyridine rings is 2. The summed E-state index contributed by atoms with van der Waals surface area (Å²) in [6, 6.07) is 12.7. The maximum atomic E-state index is 13.0. The smallest absolute Gasteiger partial charge is 0.416 e. The highest BCUT2D eigenvalue weighted by atomic mass is 19.4. The van der Waals surface area contributed by atoms with Gasteiger partial charge in [-0.05, 0) is 42.8 Å². The number of halogens is 3. The molecule has 0 aliphatic carbocycles. The van der Waals surface area contributed by atoms with Gasteiger partial charge < -0.3 is 10.1 Å². The highest BCUT2D eigenvalue weighted by molar-refractivity contribution is 5.92. The third-order valence-corrected chi connectivity index (χ3v) is 4.63. The van der Waals surface area contributed by atoms with Crippen molar-refractivity contribution in [2.24, 2.45) is 0 Å². The number of hydrogen-bond donors (Lipinski definition) is 1. The molecule has 0 unspecified atom stereocenters. The molecular weight excluding hydrogens is 409 g/mol. The lowest BCUT2D eigenvalue weighted by Gasteiger charge is -2.13. The predicted octanol–water partition coefficient (Wildman–Crippen LogP) is 4.74. The van der Waals surface area contributed by atoms with E-state index in [1.807, 2.05) is 28.8 Å². The minimum atomic E-state index is -4.49. The Morgan fingerprint density at radius 3 is 2.68 bits per heavy atom. The lowest BCUT2D eigenvalue weighted by molar-refractivity contribution is -0.138. The molecule has 3 aromatic heterocycles. The molecule has 0 aliphatic rings. The van der Waals surface area contributed by atoms with Crippen LogP contribution in [0.3, 0.4) is 0 Å². The second-order valence-electron chi connectivity index (χ2n) is 6.82. The van der Waals surface area contributed by atoms with E-state index >= 15 is 0 Å². The monoisotopic (exact) mass is 426 g/mol. The number of fused-ring (bicyclic) bond motifs is 1. The van der Waals surface area contributed by atoms with Crippen molar-refractivity contribution in [2.75, 3.05) is 11.9 Å². The summed E-state index contributed by atoms with van der Waals surface area (Å²) in [5.74, 6) is -0.378. The van der Waals surface area contributed by atoms with E-state index in [1.54, 1.807) is 24.5 Å². The molecular formula is C22H17F3N4O2. The molecule has 0 spiro atoms. The molecule has 6 nitrogen and oxygen atoms in total. The minimum absolute atomic E-state index is 0.0439. The molecule has 0 aliphatic heterocycles. The number of aromatic nitrogens is 3. The van der Waals surface area contributed by atoms with Crippen LogP contribution in [0.25, 0.3) is 16.9 Å². The molecule has 0 saturated heterocycles. The summed E-state index contributed by atoms with van der Waals surface area (Å²) >= 11 is 0. The number of amides is 1. The van der Waals surface area contributed by atoms with E-state index in [9.17, 15) is 18.0 Å². The van der Waals surface area contributed by atoms with Gasteiger partial charge in [-0.3, -0.25) is 9.20 Å². The quantitative estimate of drug-likeness (QED) is 0.501. The Bertz CT molecular complexity index is 1230. The first-order valence-corrected chi connectivity index (χ1v) is 9.30. The number of anilines is 1. The van der Waals surface area contributed by atoms with Crippen molar-refractivity contribution in [3.05, 3.63) is 78.2 Å². The number of carbonyl (C=O) groups excluding carboxylic acids is 1. The third-order valence-electron chi connectivity index (χ3n) is 4.63. The summed E-state index contributed by atoms with van der Waals surface area (Å²) in [6.07, 6.45) is 0.728. The van der Waals surface area contributed by atoms with Crippen LogP contribution >= 0.6 is 0 Å². The molecule has 158 valence electrons. The lowest BCUT2D eigenvalue weighted by Crippen LogP contribution is -2.21. The van der Waals surface area contributed by atoms with Crippen molar-refractivity contribution < 1.29 is 22.7 Å². The number of carbonyl (C=O) groups is 1. The van der Waals surface area contributed by atoms with Crippen LogP contribution in [0.5, 0.6) is 5.88 Å². The van der Waals surface area contributed by atoms with Crippen molar-refractivity contribution in [1.29, 1.82) is 0 Å². The summed E-state index contributed by atoms with van der Waals surface area (Å²) in [4.78, 5) is 20.6. The Morgan fingerprint density at radius 1 is 1.10 bits per heavy atom. The predicted molar refractivity (Wildman–Crippen MR) is 109 cm³/mol. The second kappa shape index (κ2) is 8.10. The van der Waals surface area contributed by atoms with Crippen LogP contribution < -0.4 is 10.1 Å². The van der Waals surface area contributed by atoms with Crippen molar-refractivity contribution in [2.45, 2.75) is 13.1 Å². The number of nitrogens with zero attached hydrogens (tertiary/aromatic N) is 3. The van der Waals surface area contributed by atoms with Crippen LogP contribution in [0.1, 0.15) is 11.1 Å². The molecule has 0 bridgehead atoms. The van der Waals surface area contributed by atoms with Gasteiger partial charge in [-0.2, -0.15) is 13.2 Å². The molecule has 4 rings (SSSR count). The maximum Gasteiger partial charge on any atom is 0.416 e. The van der Waals surface area contributed by atoms with Gasteiger partial charge >= 0.3 is 6.18 Å². The number of benzene rings is 1. The lowest BCUT2D eigenvalue weighted by atomic mass is 10.1. The highest BCUT2D eigenvalue weighted by Crippen LogP contribution is 2.33. The summed E-state index contributed by atoms with van der Waals surface area (Å²) in [5, 5.41) is 2.40. The zero-order valence-electron chi connectivity index (χ0n) is 16.3. The second-order valence-corrected chi connectivity index (χ2v) is 6.82. The SMILES string of the molecule is Cc1ccc(NC(=O)COc2ccc(-c3cnc4ccccn34)cn2)cc1C(F)(F)F. The standard InChI is InChI=1S/C22H17F3N4O2/c1-14-5-7-16(10-17(14)22(23,24)25)28-20(30)13-31-21-8-6-15(11-27-21)18-12-26-19-4-2-3-9-29(18)19/h2-12H,13H2,1H3,(H,28,30). The van der Waals surface area contributed by atoms with Crippen LogP contribution in [-0.4, -0.2) is 26.9 Å². The summed E-state index contributed by atoms with van der Waals surface area (Å²) in [7, 11) is 0. The van der Waals surface area contributed by atoms with Gasteiger partial charge in [-0.15, -0.1) is 0 Å². The number of nitrogens with one attached hydrogen (secondary N) is 1. The van der Waals surface area contributed by atoms with Crippen LogP contribution in [-0.2, 0) is 11.0 Å². The molecule has 0 radical (unpaired) electrons. The zero-order chi connectivity index (χ0) is 22.0. The average Bonchev–Trinajstić information content (AvgIpc) is 3.17. The summed E-state index contributed by atoms with van der Waals surface area (Å²) < 4.78 is 46.3. The van der Waals surface area contributed by atoms with Gasteiger partial charge in [-0.1, -0.05) is 12.1 Å². The molecule has 0 atom stereocenters. The Balaban J connectivity index is 1.39. The van der Waals surface area contributed by atoms with Crippen LogP contribution in [0, 0.1) is 6.92 Å². The first kappa shape index (κ1) is 20.4.